The number of fused-ring (bicyclic) bond motifs is 1. The van der Waals surface area contributed by atoms with Gasteiger partial charge in [0.1, 0.15) is 0 Å². The maximum atomic E-state index is 13.4. The van der Waals surface area contributed by atoms with E-state index >= 15 is 0 Å². The monoisotopic (exact) mass is 474 g/mol. The number of hydrogen-bond donors (Lipinski definition) is 0. The van der Waals surface area contributed by atoms with Gasteiger partial charge >= 0.3 is 0 Å². The summed E-state index contributed by atoms with van der Waals surface area (Å²) in [5, 5.41) is 0.652. The second-order valence-corrected chi connectivity index (χ2v) is 11.5. The number of hydrogen-bond acceptors (Lipinski definition) is 6. The predicted molar refractivity (Wildman–Crippen MR) is 131 cm³/mol. The summed E-state index contributed by atoms with van der Waals surface area (Å²) in [6.07, 6.45) is 0.791. The van der Waals surface area contributed by atoms with E-state index in [0.29, 0.717) is 17.2 Å². The Bertz CT molecular complexity index is 1180. The fourth-order valence-electron chi connectivity index (χ4n) is 3.25. The topological polar surface area (TPSA) is 73.8 Å². The van der Waals surface area contributed by atoms with E-state index in [4.69, 9.17) is 4.98 Å². The first-order chi connectivity index (χ1) is 15.0. The van der Waals surface area contributed by atoms with E-state index in [-0.39, 0.29) is 10.8 Å². The third-order valence-electron chi connectivity index (χ3n) is 5.34. The van der Waals surface area contributed by atoms with E-state index in [1.165, 1.54) is 43.1 Å². The van der Waals surface area contributed by atoms with Crippen molar-refractivity contribution in [2.45, 2.75) is 25.2 Å². The van der Waals surface area contributed by atoms with Crippen LogP contribution in [0.4, 0.5) is 5.13 Å². The molecule has 0 radical (unpaired) electrons. The Hall–Kier alpha value is -2.33. The molecule has 0 saturated heterocycles. The number of thiazole rings is 1. The van der Waals surface area contributed by atoms with E-state index in [9.17, 15) is 13.2 Å². The van der Waals surface area contributed by atoms with Crippen LogP contribution in [-0.4, -0.2) is 69.8 Å². The first-order valence-electron chi connectivity index (χ1n) is 10.4. The van der Waals surface area contributed by atoms with Crippen molar-refractivity contribution in [2.24, 2.45) is 0 Å². The zero-order chi connectivity index (χ0) is 23.6. The van der Waals surface area contributed by atoms with E-state index < -0.39 is 10.0 Å². The van der Waals surface area contributed by atoms with Gasteiger partial charge in [0.2, 0.25) is 10.0 Å². The summed E-state index contributed by atoms with van der Waals surface area (Å²) in [4.78, 5) is 22.1. The highest BCUT2D eigenvalue weighted by molar-refractivity contribution is 7.89. The van der Waals surface area contributed by atoms with Gasteiger partial charge in [-0.15, -0.1) is 0 Å². The van der Waals surface area contributed by atoms with Gasteiger partial charge in [-0.05, 0) is 88.4 Å². The zero-order valence-corrected chi connectivity index (χ0v) is 21.0. The standard InChI is InChI=1S/C23H30N4O3S2/c1-16-14-20-21(15-17(16)2)31-23(24-20)27(13-7-12-25(3)4)22(28)18-8-10-19(11-9-18)32(29,30)26(5)6/h8-11,14-15H,7,12-13H2,1-6H3. The maximum Gasteiger partial charge on any atom is 0.260 e. The smallest absolute Gasteiger partial charge is 0.260 e. The zero-order valence-electron chi connectivity index (χ0n) is 19.4. The lowest BCUT2D eigenvalue weighted by molar-refractivity contribution is 0.0986. The van der Waals surface area contributed by atoms with Crippen LogP contribution in [0.15, 0.2) is 41.3 Å². The number of carbonyl (C=O) groups excluding carboxylic acids is 1. The fourth-order valence-corrected chi connectivity index (χ4v) is 5.22. The number of amides is 1. The molecule has 32 heavy (non-hydrogen) atoms. The summed E-state index contributed by atoms with van der Waals surface area (Å²) in [6, 6.07) is 10.2. The van der Waals surface area contributed by atoms with Crippen LogP contribution >= 0.6 is 11.3 Å². The van der Waals surface area contributed by atoms with Crippen LogP contribution in [0.1, 0.15) is 27.9 Å². The van der Waals surface area contributed by atoms with Crippen LogP contribution in [0.3, 0.4) is 0 Å². The highest BCUT2D eigenvalue weighted by Crippen LogP contribution is 2.32. The Morgan fingerprint density at radius 2 is 1.59 bits per heavy atom. The molecule has 2 aromatic carbocycles. The molecule has 7 nitrogen and oxygen atoms in total. The van der Waals surface area contributed by atoms with E-state index in [0.717, 1.165) is 33.1 Å². The van der Waals surface area contributed by atoms with Crippen LogP contribution in [0.25, 0.3) is 10.2 Å². The molecule has 1 amide bonds. The van der Waals surface area contributed by atoms with Crippen LogP contribution in [0.2, 0.25) is 0 Å². The molecule has 0 saturated carbocycles. The first kappa shape index (κ1) is 24.3. The molecular weight excluding hydrogens is 444 g/mol. The fraction of sp³-hybridized carbons (Fsp3) is 0.391. The number of carbonyl (C=O) groups is 1. The van der Waals surface area contributed by atoms with Gasteiger partial charge in [0.05, 0.1) is 15.1 Å². The second kappa shape index (κ2) is 9.66. The van der Waals surface area contributed by atoms with Gasteiger partial charge in [-0.25, -0.2) is 17.7 Å². The molecule has 0 atom stereocenters. The minimum absolute atomic E-state index is 0.157. The number of benzene rings is 2. The van der Waals surface area contributed by atoms with Gasteiger partial charge in [-0.1, -0.05) is 11.3 Å². The number of aromatic nitrogens is 1. The summed E-state index contributed by atoms with van der Waals surface area (Å²) in [5.41, 5.74) is 3.67. The van der Waals surface area contributed by atoms with Crippen molar-refractivity contribution in [2.75, 3.05) is 46.2 Å². The van der Waals surface area contributed by atoms with Gasteiger partial charge in [-0.2, -0.15) is 0 Å². The number of sulfonamides is 1. The molecule has 0 fully saturated rings. The Kier molecular flexibility index (Phi) is 7.34. The lowest BCUT2D eigenvalue weighted by atomic mass is 10.1. The summed E-state index contributed by atoms with van der Waals surface area (Å²) in [6.45, 7) is 5.48. The minimum atomic E-state index is -3.55. The average Bonchev–Trinajstić information content (AvgIpc) is 3.13. The molecule has 0 aliphatic heterocycles. The Morgan fingerprint density at radius 1 is 0.969 bits per heavy atom. The molecule has 0 aliphatic rings. The molecule has 172 valence electrons. The van der Waals surface area contributed by atoms with Crippen molar-refractivity contribution >= 4 is 42.6 Å². The van der Waals surface area contributed by atoms with Crippen LogP contribution in [-0.2, 0) is 10.0 Å². The molecule has 3 rings (SSSR count). The third kappa shape index (κ3) is 5.17. The lowest BCUT2D eigenvalue weighted by Gasteiger charge is -2.21. The maximum absolute atomic E-state index is 13.4. The summed E-state index contributed by atoms with van der Waals surface area (Å²) in [5.74, 6) is -0.190. The minimum Gasteiger partial charge on any atom is -0.309 e. The number of aryl methyl sites for hydroxylation is 2. The SMILES string of the molecule is Cc1cc2nc(N(CCCN(C)C)C(=O)c3ccc(S(=O)(=O)N(C)C)cc3)sc2cc1C. The molecule has 0 N–H and O–H groups in total. The highest BCUT2D eigenvalue weighted by atomic mass is 32.2. The van der Waals surface area contributed by atoms with Crippen molar-refractivity contribution in [3.8, 4) is 0 Å². The van der Waals surface area contributed by atoms with Crippen molar-refractivity contribution in [3.05, 3.63) is 53.1 Å². The molecule has 1 aromatic heterocycles. The van der Waals surface area contributed by atoms with Crippen molar-refractivity contribution < 1.29 is 13.2 Å². The summed E-state index contributed by atoms with van der Waals surface area (Å²) >= 11 is 1.50. The lowest BCUT2D eigenvalue weighted by Crippen LogP contribution is -2.33. The molecule has 0 aliphatic carbocycles. The molecular formula is C23H30N4O3S2. The van der Waals surface area contributed by atoms with Gasteiger partial charge < -0.3 is 4.90 Å². The largest absolute Gasteiger partial charge is 0.309 e. The van der Waals surface area contributed by atoms with Gasteiger partial charge in [0.15, 0.2) is 5.13 Å². The van der Waals surface area contributed by atoms with E-state index in [1.807, 2.05) is 20.2 Å². The number of nitrogens with zero attached hydrogens (tertiary/aromatic N) is 4. The third-order valence-corrected chi connectivity index (χ3v) is 8.21. The van der Waals surface area contributed by atoms with Gasteiger partial charge in [-0.3, -0.25) is 9.69 Å². The molecule has 1 heterocycles. The number of rotatable bonds is 8. The Labute approximate surface area is 194 Å². The summed E-state index contributed by atoms with van der Waals surface area (Å²) in [7, 11) is 3.42. The average molecular weight is 475 g/mol. The van der Waals surface area contributed by atoms with Crippen LogP contribution in [0.5, 0.6) is 0 Å². The van der Waals surface area contributed by atoms with Crippen molar-refractivity contribution in [1.29, 1.82) is 0 Å². The van der Waals surface area contributed by atoms with Gasteiger partial charge in [0.25, 0.3) is 5.91 Å². The predicted octanol–water partition coefficient (Wildman–Crippen LogP) is 3.76. The van der Waals surface area contributed by atoms with Crippen LogP contribution in [0, 0.1) is 13.8 Å². The second-order valence-electron chi connectivity index (χ2n) is 8.33. The van der Waals surface area contributed by atoms with Gasteiger partial charge in [0, 0.05) is 26.2 Å². The van der Waals surface area contributed by atoms with E-state index in [2.05, 4.69) is 24.8 Å². The first-order valence-corrected chi connectivity index (χ1v) is 12.6. The molecule has 0 bridgehead atoms. The van der Waals surface area contributed by atoms with E-state index in [1.54, 1.807) is 17.0 Å². The van der Waals surface area contributed by atoms with Crippen LogP contribution < -0.4 is 4.90 Å². The molecule has 3 aromatic rings. The normalized spacial score (nSPS) is 12.1. The Morgan fingerprint density at radius 3 is 2.19 bits per heavy atom. The highest BCUT2D eigenvalue weighted by Gasteiger charge is 2.23. The summed E-state index contributed by atoms with van der Waals surface area (Å²) < 4.78 is 26.9. The van der Waals surface area contributed by atoms with Crippen molar-refractivity contribution in [1.82, 2.24) is 14.2 Å². The Balaban J connectivity index is 1.95. The van der Waals surface area contributed by atoms with Crippen molar-refractivity contribution in [3.63, 3.8) is 0 Å². The molecule has 0 unspecified atom stereocenters. The quantitative estimate of drug-likeness (QED) is 0.497. The molecule has 0 spiro atoms. The number of anilines is 1. The molecule has 9 heteroatoms.